The summed E-state index contributed by atoms with van der Waals surface area (Å²) >= 11 is 3.22. The molecule has 0 spiro atoms. The van der Waals surface area contributed by atoms with Crippen LogP contribution >= 0.6 is 15.9 Å². The third-order valence-electron chi connectivity index (χ3n) is 2.97. The zero-order chi connectivity index (χ0) is 14.8. The van der Waals surface area contributed by atoms with Crippen molar-refractivity contribution < 1.29 is 9.90 Å². The summed E-state index contributed by atoms with van der Waals surface area (Å²) in [6, 6.07) is 11.3. The van der Waals surface area contributed by atoms with Gasteiger partial charge in [-0.25, -0.2) is 14.5 Å². The molecular formula is C15H10BrN3O2. The van der Waals surface area contributed by atoms with Gasteiger partial charge in [0.15, 0.2) is 5.82 Å². The fourth-order valence-corrected chi connectivity index (χ4v) is 2.32. The molecule has 2 heterocycles. The number of rotatable bonds is 3. The zero-order valence-electron chi connectivity index (χ0n) is 10.8. The van der Waals surface area contributed by atoms with Crippen molar-refractivity contribution in [3.63, 3.8) is 0 Å². The quantitative estimate of drug-likeness (QED) is 0.791. The summed E-state index contributed by atoms with van der Waals surface area (Å²) < 4.78 is 2.08. The summed E-state index contributed by atoms with van der Waals surface area (Å²) in [6.45, 7) is 0. The normalized spacial score (nSPS) is 10.5. The first kappa shape index (κ1) is 13.5. The molecule has 104 valence electrons. The lowest BCUT2D eigenvalue weighted by atomic mass is 10.1. The van der Waals surface area contributed by atoms with E-state index in [0.29, 0.717) is 4.47 Å². The van der Waals surface area contributed by atoms with Gasteiger partial charge in [-0.15, -0.1) is 0 Å². The van der Waals surface area contributed by atoms with Gasteiger partial charge < -0.3 is 5.11 Å². The molecule has 0 saturated carbocycles. The Morgan fingerprint density at radius 1 is 1.14 bits per heavy atom. The van der Waals surface area contributed by atoms with E-state index in [1.54, 1.807) is 18.6 Å². The molecule has 0 saturated heterocycles. The van der Waals surface area contributed by atoms with Crippen LogP contribution < -0.4 is 0 Å². The average molecular weight is 344 g/mol. The molecular weight excluding hydrogens is 334 g/mol. The van der Waals surface area contributed by atoms with Gasteiger partial charge in [0.2, 0.25) is 0 Å². The molecule has 0 fully saturated rings. The molecule has 2 aromatic heterocycles. The van der Waals surface area contributed by atoms with E-state index in [2.05, 4.69) is 26.0 Å². The first-order valence-electron chi connectivity index (χ1n) is 6.14. The van der Waals surface area contributed by atoms with Crippen molar-refractivity contribution >= 4 is 21.9 Å². The van der Waals surface area contributed by atoms with E-state index in [1.807, 2.05) is 30.3 Å². The highest BCUT2D eigenvalue weighted by atomic mass is 79.9. The molecule has 0 radical (unpaired) electrons. The molecule has 21 heavy (non-hydrogen) atoms. The van der Waals surface area contributed by atoms with Crippen LogP contribution in [0.3, 0.4) is 0 Å². The maximum atomic E-state index is 11.3. The topological polar surface area (TPSA) is 68.0 Å². The molecule has 1 aromatic carbocycles. The number of aromatic carboxylic acids is 1. The lowest BCUT2D eigenvalue weighted by Gasteiger charge is -2.05. The van der Waals surface area contributed by atoms with Crippen molar-refractivity contribution in [3.05, 3.63) is 65.0 Å². The average Bonchev–Trinajstić information content (AvgIpc) is 2.97. The molecule has 0 bridgehead atoms. The van der Waals surface area contributed by atoms with Gasteiger partial charge in [-0.1, -0.05) is 30.3 Å². The minimum absolute atomic E-state index is 0.0899. The van der Waals surface area contributed by atoms with Crippen molar-refractivity contribution in [1.82, 2.24) is 14.8 Å². The maximum absolute atomic E-state index is 11.3. The number of aromatic nitrogens is 3. The molecule has 0 aliphatic rings. The highest BCUT2D eigenvalue weighted by molar-refractivity contribution is 9.10. The third kappa shape index (κ3) is 2.71. The fourth-order valence-electron chi connectivity index (χ4n) is 1.99. The molecule has 0 amide bonds. The first-order valence-corrected chi connectivity index (χ1v) is 6.94. The Morgan fingerprint density at radius 3 is 2.62 bits per heavy atom. The second-order valence-electron chi connectivity index (χ2n) is 4.37. The van der Waals surface area contributed by atoms with E-state index in [4.69, 9.17) is 0 Å². The van der Waals surface area contributed by atoms with Crippen LogP contribution in [0.4, 0.5) is 0 Å². The van der Waals surface area contributed by atoms with Gasteiger partial charge >= 0.3 is 5.97 Å². The van der Waals surface area contributed by atoms with Crippen molar-refractivity contribution in [2.75, 3.05) is 0 Å². The lowest BCUT2D eigenvalue weighted by molar-refractivity contribution is 0.0696. The smallest absolute Gasteiger partial charge is 0.339 e. The summed E-state index contributed by atoms with van der Waals surface area (Å²) in [5, 5.41) is 13.5. The van der Waals surface area contributed by atoms with E-state index in [1.165, 1.54) is 10.7 Å². The molecule has 0 aliphatic heterocycles. The minimum atomic E-state index is -1.05. The van der Waals surface area contributed by atoms with Gasteiger partial charge in [-0.2, -0.15) is 5.10 Å². The molecule has 0 unspecified atom stereocenters. The van der Waals surface area contributed by atoms with Crippen molar-refractivity contribution in [2.45, 2.75) is 0 Å². The second-order valence-corrected chi connectivity index (χ2v) is 5.29. The fraction of sp³-hybridized carbons (Fsp3) is 0. The molecule has 0 atom stereocenters. The van der Waals surface area contributed by atoms with E-state index in [0.717, 1.165) is 11.1 Å². The van der Waals surface area contributed by atoms with Crippen LogP contribution in [0, 0.1) is 0 Å². The minimum Gasteiger partial charge on any atom is -0.478 e. The van der Waals surface area contributed by atoms with Gasteiger partial charge in [-0.3, -0.25) is 0 Å². The lowest BCUT2D eigenvalue weighted by Crippen LogP contribution is -2.08. The van der Waals surface area contributed by atoms with Gasteiger partial charge in [0.1, 0.15) is 5.56 Å². The molecule has 3 aromatic rings. The van der Waals surface area contributed by atoms with Crippen LogP contribution in [0.15, 0.2) is 59.5 Å². The number of hydrogen-bond donors (Lipinski definition) is 1. The van der Waals surface area contributed by atoms with Gasteiger partial charge in [0.25, 0.3) is 0 Å². The molecule has 5 nitrogen and oxygen atoms in total. The Morgan fingerprint density at radius 2 is 1.90 bits per heavy atom. The van der Waals surface area contributed by atoms with Gasteiger partial charge in [0, 0.05) is 22.4 Å². The summed E-state index contributed by atoms with van der Waals surface area (Å²) in [7, 11) is 0. The predicted molar refractivity (Wildman–Crippen MR) is 81.5 cm³/mol. The highest BCUT2D eigenvalue weighted by Gasteiger charge is 2.15. The van der Waals surface area contributed by atoms with Gasteiger partial charge in [-0.05, 0) is 27.6 Å². The second kappa shape index (κ2) is 5.49. The van der Waals surface area contributed by atoms with Gasteiger partial charge in [0.05, 0.1) is 6.20 Å². The SMILES string of the molecule is O=C(O)c1cc(Br)cnc1-n1cc(-c2ccccc2)cn1. The monoisotopic (exact) mass is 343 g/mol. The van der Waals surface area contributed by atoms with Crippen molar-refractivity contribution in [1.29, 1.82) is 0 Å². The van der Waals surface area contributed by atoms with Crippen LogP contribution in [-0.4, -0.2) is 25.8 Å². The van der Waals surface area contributed by atoms with E-state index < -0.39 is 5.97 Å². The van der Waals surface area contributed by atoms with Crippen LogP contribution in [-0.2, 0) is 0 Å². The zero-order valence-corrected chi connectivity index (χ0v) is 12.4. The number of carbonyl (C=O) groups is 1. The Kier molecular flexibility index (Phi) is 3.53. The maximum Gasteiger partial charge on any atom is 0.339 e. The summed E-state index contributed by atoms with van der Waals surface area (Å²) in [5.74, 6) is -0.761. The number of carboxylic acid groups (broad SMARTS) is 1. The number of pyridine rings is 1. The number of halogens is 1. The highest BCUT2D eigenvalue weighted by Crippen LogP contribution is 2.21. The molecule has 1 N–H and O–H groups in total. The molecule has 3 rings (SSSR count). The Labute approximate surface area is 129 Å². The Bertz CT molecular complexity index is 800. The summed E-state index contributed by atoms with van der Waals surface area (Å²) in [6.07, 6.45) is 4.99. The number of hydrogen-bond acceptors (Lipinski definition) is 3. The van der Waals surface area contributed by atoms with Crippen molar-refractivity contribution in [3.8, 4) is 16.9 Å². The first-order chi connectivity index (χ1) is 10.1. The van der Waals surface area contributed by atoms with E-state index in [9.17, 15) is 9.90 Å². The largest absolute Gasteiger partial charge is 0.478 e. The predicted octanol–water partition coefficient (Wildman–Crippen LogP) is 3.40. The van der Waals surface area contributed by atoms with Crippen LogP contribution in [0.25, 0.3) is 16.9 Å². The number of carboxylic acids is 1. The van der Waals surface area contributed by atoms with E-state index in [-0.39, 0.29) is 11.4 Å². The third-order valence-corrected chi connectivity index (χ3v) is 3.40. The number of nitrogens with zero attached hydrogens (tertiary/aromatic N) is 3. The Hall–Kier alpha value is -2.47. The molecule has 0 aliphatic carbocycles. The van der Waals surface area contributed by atoms with Crippen LogP contribution in [0.2, 0.25) is 0 Å². The van der Waals surface area contributed by atoms with Crippen molar-refractivity contribution in [2.24, 2.45) is 0 Å². The summed E-state index contributed by atoms with van der Waals surface area (Å²) in [5.41, 5.74) is 2.00. The van der Waals surface area contributed by atoms with Crippen LogP contribution in [0.1, 0.15) is 10.4 Å². The summed E-state index contributed by atoms with van der Waals surface area (Å²) in [4.78, 5) is 15.5. The van der Waals surface area contributed by atoms with Crippen LogP contribution in [0.5, 0.6) is 0 Å². The van der Waals surface area contributed by atoms with E-state index >= 15 is 0 Å². The number of benzene rings is 1. The molecule has 6 heteroatoms. The Balaban J connectivity index is 2.07. The standard InChI is InChI=1S/C15H10BrN3O2/c16-12-6-13(15(20)21)14(17-8-12)19-9-11(7-18-19)10-4-2-1-3-5-10/h1-9H,(H,20,21).